The molecule has 152 valence electrons. The maximum absolute atomic E-state index is 11.9. The van der Waals surface area contributed by atoms with E-state index in [0.29, 0.717) is 13.1 Å². The lowest BCUT2D eigenvalue weighted by Gasteiger charge is -2.28. The number of piperidine rings is 1. The number of carbonyl (C=O) groups is 2. The van der Waals surface area contributed by atoms with Crippen LogP contribution >= 0.6 is 0 Å². The van der Waals surface area contributed by atoms with Crippen LogP contribution in [-0.2, 0) is 16.0 Å². The second-order valence-electron chi connectivity index (χ2n) is 7.83. The molecule has 2 N–H and O–H groups in total. The predicted octanol–water partition coefficient (Wildman–Crippen LogP) is 3.34. The van der Waals surface area contributed by atoms with Crippen LogP contribution in [0.3, 0.4) is 0 Å². The van der Waals surface area contributed by atoms with Gasteiger partial charge in [-0.05, 0) is 75.5 Å². The highest BCUT2D eigenvalue weighted by Gasteiger charge is 2.13. The van der Waals surface area contributed by atoms with Crippen molar-refractivity contribution in [2.75, 3.05) is 31.1 Å². The smallest absolute Gasteiger partial charge is 0.309 e. The Morgan fingerprint density at radius 2 is 1.50 bits per heavy atom. The first-order valence-electron chi connectivity index (χ1n) is 10.8. The molecule has 2 aliphatic rings. The Hall–Kier alpha value is -2.30. The molecule has 28 heavy (non-hydrogen) atoms. The summed E-state index contributed by atoms with van der Waals surface area (Å²) in [6, 6.07) is 8.56. The monoisotopic (exact) mass is 383 g/mol. The number of anilines is 1. The molecular formula is C23H33N3O2. The van der Waals surface area contributed by atoms with Crippen molar-refractivity contribution in [3.8, 4) is 0 Å². The van der Waals surface area contributed by atoms with Gasteiger partial charge in [-0.25, -0.2) is 0 Å². The van der Waals surface area contributed by atoms with Crippen LogP contribution in [0, 0.1) is 0 Å². The van der Waals surface area contributed by atoms with E-state index in [4.69, 9.17) is 0 Å². The van der Waals surface area contributed by atoms with Crippen LogP contribution < -0.4 is 15.5 Å². The fourth-order valence-corrected chi connectivity index (χ4v) is 3.97. The fourth-order valence-electron chi connectivity index (χ4n) is 3.97. The average Bonchev–Trinajstić information content (AvgIpc) is 2.75. The van der Waals surface area contributed by atoms with Gasteiger partial charge in [-0.2, -0.15) is 0 Å². The van der Waals surface area contributed by atoms with Crippen LogP contribution in [0.2, 0.25) is 0 Å². The second kappa shape index (κ2) is 10.9. The lowest BCUT2D eigenvalue weighted by atomic mass is 9.97. The number of benzene rings is 1. The molecule has 0 saturated carbocycles. The summed E-state index contributed by atoms with van der Waals surface area (Å²) in [6.07, 6.45) is 12.5. The van der Waals surface area contributed by atoms with Gasteiger partial charge in [0.2, 0.25) is 0 Å². The summed E-state index contributed by atoms with van der Waals surface area (Å²) in [5, 5.41) is 5.45. The van der Waals surface area contributed by atoms with Gasteiger partial charge in [0.05, 0.1) is 0 Å². The van der Waals surface area contributed by atoms with E-state index in [9.17, 15) is 9.59 Å². The minimum absolute atomic E-state index is 0.473. The van der Waals surface area contributed by atoms with Gasteiger partial charge in [0.1, 0.15) is 0 Å². The minimum Gasteiger partial charge on any atom is -0.372 e. The molecule has 1 aromatic carbocycles. The van der Waals surface area contributed by atoms with Crippen molar-refractivity contribution >= 4 is 17.5 Å². The first-order valence-corrected chi connectivity index (χ1v) is 10.8. The Kier molecular flexibility index (Phi) is 7.94. The van der Waals surface area contributed by atoms with E-state index < -0.39 is 11.8 Å². The highest BCUT2D eigenvalue weighted by atomic mass is 16.2. The van der Waals surface area contributed by atoms with Crippen LogP contribution in [0.15, 0.2) is 35.9 Å². The zero-order valence-corrected chi connectivity index (χ0v) is 16.8. The minimum atomic E-state index is -0.539. The standard InChI is InChI=1S/C23H33N3O2/c27-22(24-15-13-19-7-3-1-4-8-19)23(28)25-16-14-20-9-11-21(12-10-20)26-17-5-2-6-18-26/h7,9-12H,1-6,8,13-18H2,(H,24,27)(H,25,28). The topological polar surface area (TPSA) is 61.4 Å². The number of allylic oxidation sites excluding steroid dienone is 1. The molecule has 1 aliphatic carbocycles. The van der Waals surface area contributed by atoms with Crippen molar-refractivity contribution in [2.24, 2.45) is 0 Å². The van der Waals surface area contributed by atoms with Crippen molar-refractivity contribution < 1.29 is 9.59 Å². The molecule has 0 atom stereocenters. The third kappa shape index (κ3) is 6.39. The predicted molar refractivity (Wildman–Crippen MR) is 113 cm³/mol. The summed E-state index contributed by atoms with van der Waals surface area (Å²) in [7, 11) is 0. The molecule has 0 aromatic heterocycles. The number of nitrogens with zero attached hydrogens (tertiary/aromatic N) is 1. The van der Waals surface area contributed by atoms with Crippen LogP contribution in [0.1, 0.15) is 56.9 Å². The average molecular weight is 384 g/mol. The van der Waals surface area contributed by atoms with Gasteiger partial charge in [-0.15, -0.1) is 0 Å². The van der Waals surface area contributed by atoms with Crippen LogP contribution in [-0.4, -0.2) is 38.0 Å². The van der Waals surface area contributed by atoms with E-state index in [1.54, 1.807) is 0 Å². The summed E-state index contributed by atoms with van der Waals surface area (Å²) in [5.74, 6) is -1.07. The third-order valence-corrected chi connectivity index (χ3v) is 5.68. The van der Waals surface area contributed by atoms with Crippen LogP contribution in [0.4, 0.5) is 5.69 Å². The summed E-state index contributed by atoms with van der Waals surface area (Å²) < 4.78 is 0. The van der Waals surface area contributed by atoms with Gasteiger partial charge in [0, 0.05) is 31.9 Å². The highest BCUT2D eigenvalue weighted by molar-refractivity contribution is 6.35. The molecule has 5 heteroatoms. The molecule has 0 radical (unpaired) electrons. The van der Waals surface area contributed by atoms with Gasteiger partial charge in [-0.3, -0.25) is 9.59 Å². The quantitative estimate of drug-likeness (QED) is 0.561. The fraction of sp³-hybridized carbons (Fsp3) is 0.565. The van der Waals surface area contributed by atoms with Crippen molar-refractivity contribution in [1.29, 1.82) is 0 Å². The Balaban J connectivity index is 1.32. The lowest BCUT2D eigenvalue weighted by molar-refractivity contribution is -0.139. The van der Waals surface area contributed by atoms with Crippen molar-refractivity contribution in [2.45, 2.75) is 57.8 Å². The molecule has 0 spiro atoms. The molecule has 0 unspecified atom stereocenters. The molecule has 3 rings (SSSR count). The Morgan fingerprint density at radius 3 is 2.14 bits per heavy atom. The van der Waals surface area contributed by atoms with E-state index in [0.717, 1.165) is 38.8 Å². The van der Waals surface area contributed by atoms with Gasteiger partial charge in [0.25, 0.3) is 0 Å². The third-order valence-electron chi connectivity index (χ3n) is 5.68. The molecule has 1 aliphatic heterocycles. The van der Waals surface area contributed by atoms with Gasteiger partial charge >= 0.3 is 11.8 Å². The van der Waals surface area contributed by atoms with E-state index in [2.05, 4.69) is 45.9 Å². The lowest BCUT2D eigenvalue weighted by Crippen LogP contribution is -2.41. The SMILES string of the molecule is O=C(NCCC1=CCCCC1)C(=O)NCCc1ccc(N2CCCCC2)cc1. The zero-order chi connectivity index (χ0) is 19.6. The maximum Gasteiger partial charge on any atom is 0.309 e. The van der Waals surface area contributed by atoms with E-state index in [1.165, 1.54) is 48.9 Å². The van der Waals surface area contributed by atoms with Crippen LogP contribution in [0.25, 0.3) is 0 Å². The number of hydrogen-bond donors (Lipinski definition) is 2. The number of rotatable bonds is 7. The Labute approximate surface area is 168 Å². The molecule has 2 amide bonds. The molecule has 1 aromatic rings. The number of amides is 2. The zero-order valence-electron chi connectivity index (χ0n) is 16.8. The van der Waals surface area contributed by atoms with Crippen molar-refractivity contribution in [1.82, 2.24) is 10.6 Å². The van der Waals surface area contributed by atoms with E-state index in [1.807, 2.05) is 0 Å². The molecule has 0 bridgehead atoms. The number of carbonyl (C=O) groups excluding carboxylic acids is 2. The van der Waals surface area contributed by atoms with Gasteiger partial charge in [-0.1, -0.05) is 23.8 Å². The van der Waals surface area contributed by atoms with Crippen molar-refractivity contribution in [3.63, 3.8) is 0 Å². The Morgan fingerprint density at radius 1 is 0.821 bits per heavy atom. The van der Waals surface area contributed by atoms with E-state index >= 15 is 0 Å². The van der Waals surface area contributed by atoms with E-state index in [-0.39, 0.29) is 0 Å². The molecule has 1 fully saturated rings. The summed E-state index contributed by atoms with van der Waals surface area (Å²) in [6.45, 7) is 3.29. The van der Waals surface area contributed by atoms with Crippen molar-refractivity contribution in [3.05, 3.63) is 41.5 Å². The maximum atomic E-state index is 11.9. The second-order valence-corrected chi connectivity index (χ2v) is 7.83. The Bertz CT molecular complexity index is 676. The summed E-state index contributed by atoms with van der Waals surface area (Å²) in [4.78, 5) is 26.3. The highest BCUT2D eigenvalue weighted by Crippen LogP contribution is 2.20. The normalized spacial score (nSPS) is 17.0. The largest absolute Gasteiger partial charge is 0.372 e. The van der Waals surface area contributed by atoms with Crippen LogP contribution in [0.5, 0.6) is 0 Å². The number of hydrogen-bond acceptors (Lipinski definition) is 3. The first-order chi connectivity index (χ1) is 13.7. The van der Waals surface area contributed by atoms with Gasteiger partial charge < -0.3 is 15.5 Å². The molecular weight excluding hydrogens is 350 g/mol. The first kappa shape index (κ1) is 20.4. The number of nitrogens with one attached hydrogen (secondary N) is 2. The molecule has 1 heterocycles. The summed E-state index contributed by atoms with van der Waals surface area (Å²) >= 11 is 0. The van der Waals surface area contributed by atoms with Gasteiger partial charge in [0.15, 0.2) is 0 Å². The molecule has 1 saturated heterocycles. The molecule has 5 nitrogen and oxygen atoms in total. The summed E-state index contributed by atoms with van der Waals surface area (Å²) in [5.41, 5.74) is 3.85.